The molecule has 1 unspecified atom stereocenters. The summed E-state index contributed by atoms with van der Waals surface area (Å²) in [6.07, 6.45) is 2.93. The van der Waals surface area contributed by atoms with Crippen molar-refractivity contribution >= 4 is 49.0 Å². The van der Waals surface area contributed by atoms with E-state index >= 15 is 0 Å². The molecule has 0 spiro atoms. The van der Waals surface area contributed by atoms with Gasteiger partial charge in [-0.15, -0.1) is 11.3 Å². The van der Waals surface area contributed by atoms with Gasteiger partial charge in [0.15, 0.2) is 5.13 Å². The molecular weight excluding hydrogens is 371 g/mol. The van der Waals surface area contributed by atoms with E-state index in [4.69, 9.17) is 4.74 Å². The lowest BCUT2D eigenvalue weighted by Gasteiger charge is -2.18. The molecule has 4 nitrogen and oxygen atoms in total. The molecule has 1 atom stereocenters. The van der Waals surface area contributed by atoms with Crippen molar-refractivity contribution in [2.45, 2.75) is 33.1 Å². The van der Waals surface area contributed by atoms with E-state index in [9.17, 15) is 9.18 Å². The Morgan fingerprint density at radius 1 is 1.42 bits per heavy atom. The molecule has 4 rings (SSSR count). The molecule has 0 aliphatic heterocycles. The van der Waals surface area contributed by atoms with Gasteiger partial charge in [-0.3, -0.25) is 0 Å². The highest BCUT2D eigenvalue weighted by atomic mass is 32.1. The van der Waals surface area contributed by atoms with Crippen LogP contribution in [-0.2, 0) is 17.6 Å². The number of anilines is 2. The summed E-state index contributed by atoms with van der Waals surface area (Å²) < 4.78 is 20.0. The molecule has 2 aromatic heterocycles. The lowest BCUT2D eigenvalue weighted by molar-refractivity contribution is 0.0526. The fraction of sp³-hybridized carbons (Fsp3) is 0.368. The number of thiazole rings is 1. The zero-order valence-electron chi connectivity index (χ0n) is 14.6. The van der Waals surface area contributed by atoms with E-state index in [2.05, 4.69) is 17.2 Å². The van der Waals surface area contributed by atoms with Crippen molar-refractivity contribution in [3.63, 3.8) is 0 Å². The van der Waals surface area contributed by atoms with Gasteiger partial charge in [-0.25, -0.2) is 14.2 Å². The molecule has 136 valence electrons. The second-order valence-corrected chi connectivity index (χ2v) is 8.64. The molecule has 0 saturated heterocycles. The smallest absolute Gasteiger partial charge is 0.341 e. The molecule has 0 radical (unpaired) electrons. The molecule has 1 aromatic carbocycles. The van der Waals surface area contributed by atoms with Gasteiger partial charge in [-0.2, -0.15) is 0 Å². The van der Waals surface area contributed by atoms with E-state index < -0.39 is 0 Å². The molecule has 0 fully saturated rings. The highest BCUT2D eigenvalue weighted by Crippen LogP contribution is 2.42. The second kappa shape index (κ2) is 6.96. The average Bonchev–Trinajstić information content (AvgIpc) is 3.16. The van der Waals surface area contributed by atoms with Crippen molar-refractivity contribution in [1.29, 1.82) is 0 Å². The van der Waals surface area contributed by atoms with Crippen molar-refractivity contribution < 1.29 is 13.9 Å². The normalized spacial score (nSPS) is 16.5. The van der Waals surface area contributed by atoms with Gasteiger partial charge in [0.05, 0.1) is 16.9 Å². The first kappa shape index (κ1) is 17.4. The Balaban J connectivity index is 1.74. The van der Waals surface area contributed by atoms with Gasteiger partial charge in [0.2, 0.25) is 0 Å². The van der Waals surface area contributed by atoms with Crippen LogP contribution in [0.1, 0.15) is 41.1 Å². The van der Waals surface area contributed by atoms with Crippen LogP contribution in [0.3, 0.4) is 0 Å². The first-order valence-corrected chi connectivity index (χ1v) is 10.3. The lowest BCUT2D eigenvalue weighted by atomic mass is 9.88. The Hall–Kier alpha value is -1.99. The molecule has 1 N–H and O–H groups in total. The van der Waals surface area contributed by atoms with Crippen LogP contribution in [0.2, 0.25) is 0 Å². The van der Waals surface area contributed by atoms with Gasteiger partial charge in [0, 0.05) is 4.88 Å². The third kappa shape index (κ3) is 3.10. The third-order valence-electron chi connectivity index (χ3n) is 4.58. The van der Waals surface area contributed by atoms with Crippen molar-refractivity contribution in [3.05, 3.63) is 40.0 Å². The van der Waals surface area contributed by atoms with Gasteiger partial charge in [0.25, 0.3) is 0 Å². The number of fused-ring (bicyclic) bond motifs is 2. The molecule has 26 heavy (non-hydrogen) atoms. The summed E-state index contributed by atoms with van der Waals surface area (Å²) in [6.45, 7) is 4.38. The number of benzene rings is 1. The number of esters is 1. The zero-order valence-corrected chi connectivity index (χ0v) is 16.2. The van der Waals surface area contributed by atoms with Crippen LogP contribution in [0, 0.1) is 11.7 Å². The SMILES string of the molecule is CCOC(=O)c1c(Nc2nc3c(F)cccc3s2)sc2c1CCC(C)C2. The molecule has 7 heteroatoms. The largest absolute Gasteiger partial charge is 0.462 e. The lowest BCUT2D eigenvalue weighted by Crippen LogP contribution is -2.14. The summed E-state index contributed by atoms with van der Waals surface area (Å²) in [6, 6.07) is 4.92. The quantitative estimate of drug-likeness (QED) is 0.594. The van der Waals surface area contributed by atoms with Gasteiger partial charge in [0.1, 0.15) is 16.3 Å². The number of hydrogen-bond donors (Lipinski definition) is 1. The number of carbonyl (C=O) groups excluding carboxylic acids is 1. The standard InChI is InChI=1S/C19H19FN2O2S2/c1-3-24-18(23)15-11-8-7-10(2)9-14(11)25-17(15)22-19-21-16-12(20)5-4-6-13(16)26-19/h4-6,10H,3,7-9H2,1-2H3,(H,21,22). The molecule has 1 aliphatic rings. The van der Waals surface area contributed by atoms with Gasteiger partial charge < -0.3 is 10.1 Å². The van der Waals surface area contributed by atoms with Crippen molar-refractivity contribution in [2.24, 2.45) is 5.92 Å². The topological polar surface area (TPSA) is 51.2 Å². The summed E-state index contributed by atoms with van der Waals surface area (Å²) in [5, 5.41) is 4.60. The predicted molar refractivity (Wildman–Crippen MR) is 104 cm³/mol. The minimum atomic E-state index is -0.336. The van der Waals surface area contributed by atoms with E-state index in [1.807, 2.05) is 13.0 Å². The number of halogens is 1. The minimum absolute atomic E-state index is 0.297. The number of carbonyl (C=O) groups is 1. The van der Waals surface area contributed by atoms with E-state index in [0.717, 1.165) is 34.5 Å². The second-order valence-electron chi connectivity index (χ2n) is 6.51. The summed E-state index contributed by atoms with van der Waals surface area (Å²) in [7, 11) is 0. The molecule has 1 aliphatic carbocycles. The van der Waals surface area contributed by atoms with Crippen molar-refractivity contribution in [3.8, 4) is 0 Å². The highest BCUT2D eigenvalue weighted by Gasteiger charge is 2.28. The Morgan fingerprint density at radius 2 is 2.27 bits per heavy atom. The predicted octanol–water partition coefficient (Wildman–Crippen LogP) is 5.54. The summed E-state index contributed by atoms with van der Waals surface area (Å²) in [4.78, 5) is 18.2. The highest BCUT2D eigenvalue weighted by molar-refractivity contribution is 7.23. The Morgan fingerprint density at radius 3 is 3.04 bits per heavy atom. The first-order valence-electron chi connectivity index (χ1n) is 8.70. The molecule has 0 amide bonds. The molecule has 3 aromatic rings. The number of nitrogens with one attached hydrogen (secondary N) is 1. The maximum absolute atomic E-state index is 13.9. The average molecular weight is 391 g/mol. The van der Waals surface area contributed by atoms with Crippen LogP contribution >= 0.6 is 22.7 Å². The third-order valence-corrected chi connectivity index (χ3v) is 6.69. The molecular formula is C19H19FN2O2S2. The maximum Gasteiger partial charge on any atom is 0.341 e. The van der Waals surface area contributed by atoms with Crippen LogP contribution in [0.5, 0.6) is 0 Å². The monoisotopic (exact) mass is 390 g/mol. The van der Waals surface area contributed by atoms with Gasteiger partial charge >= 0.3 is 5.97 Å². The summed E-state index contributed by atoms with van der Waals surface area (Å²) in [5.74, 6) is -0.0216. The number of thiophene rings is 1. The molecule has 2 heterocycles. The van der Waals surface area contributed by atoms with Gasteiger partial charge in [-0.05, 0) is 49.8 Å². The Bertz CT molecular complexity index is 979. The van der Waals surface area contributed by atoms with E-state index in [1.165, 1.54) is 22.3 Å². The number of hydrogen-bond acceptors (Lipinski definition) is 6. The first-order chi connectivity index (χ1) is 12.6. The Labute approximate surface area is 159 Å². The van der Waals surface area contributed by atoms with Gasteiger partial charge in [-0.1, -0.05) is 24.3 Å². The number of nitrogens with zero attached hydrogens (tertiary/aromatic N) is 1. The van der Waals surface area contributed by atoms with E-state index in [-0.39, 0.29) is 11.8 Å². The zero-order chi connectivity index (χ0) is 18.3. The van der Waals surface area contributed by atoms with Crippen molar-refractivity contribution in [1.82, 2.24) is 4.98 Å². The molecule has 0 bridgehead atoms. The van der Waals surface area contributed by atoms with E-state index in [1.54, 1.807) is 17.4 Å². The van der Waals surface area contributed by atoms with Crippen LogP contribution in [0.15, 0.2) is 18.2 Å². The maximum atomic E-state index is 13.9. The van der Waals surface area contributed by atoms with E-state index in [0.29, 0.717) is 28.7 Å². The fourth-order valence-corrected chi connectivity index (χ4v) is 5.67. The number of ether oxygens (including phenoxy) is 1. The van der Waals surface area contributed by atoms with Crippen LogP contribution < -0.4 is 5.32 Å². The summed E-state index contributed by atoms with van der Waals surface area (Å²) in [5.41, 5.74) is 2.08. The summed E-state index contributed by atoms with van der Waals surface area (Å²) >= 11 is 2.97. The number of rotatable bonds is 4. The van der Waals surface area contributed by atoms with Crippen LogP contribution in [-0.4, -0.2) is 17.6 Å². The minimum Gasteiger partial charge on any atom is -0.462 e. The number of aromatic nitrogens is 1. The molecule has 0 saturated carbocycles. The van der Waals surface area contributed by atoms with Crippen molar-refractivity contribution in [2.75, 3.05) is 11.9 Å². The Kier molecular flexibility index (Phi) is 4.67. The fourth-order valence-electron chi connectivity index (χ4n) is 3.32. The number of para-hydroxylation sites is 1. The van der Waals surface area contributed by atoms with Crippen LogP contribution in [0.4, 0.5) is 14.5 Å². The van der Waals surface area contributed by atoms with Crippen LogP contribution in [0.25, 0.3) is 10.2 Å².